The molecule has 29 heavy (non-hydrogen) atoms. The standard InChI is InChI=1S/C21H12F3N3O2/c22-14-8-3-1-6-12(14)19-25-17-11-4-2-7-13(17)21(29)27(19)26-20(28)18-15(23)9-5-10-16(18)24/h1-11H,(H,26,28). The van der Waals surface area contributed by atoms with E-state index in [1.165, 1.54) is 30.3 Å². The van der Waals surface area contributed by atoms with E-state index in [1.54, 1.807) is 18.2 Å². The number of amides is 1. The van der Waals surface area contributed by atoms with Gasteiger partial charge in [-0.05, 0) is 36.4 Å². The zero-order valence-electron chi connectivity index (χ0n) is 14.7. The molecule has 0 fully saturated rings. The number of nitrogens with one attached hydrogen (secondary N) is 1. The minimum absolute atomic E-state index is 0.0651. The van der Waals surface area contributed by atoms with Crippen molar-refractivity contribution in [3.8, 4) is 11.4 Å². The number of halogens is 3. The van der Waals surface area contributed by atoms with Crippen LogP contribution in [0.4, 0.5) is 13.2 Å². The number of hydrogen-bond donors (Lipinski definition) is 1. The summed E-state index contributed by atoms with van der Waals surface area (Å²) >= 11 is 0. The normalized spacial score (nSPS) is 10.9. The molecule has 4 aromatic rings. The molecule has 1 aromatic heterocycles. The summed E-state index contributed by atoms with van der Waals surface area (Å²) in [5.41, 5.74) is 0.770. The fourth-order valence-electron chi connectivity index (χ4n) is 2.93. The maximum Gasteiger partial charge on any atom is 0.280 e. The van der Waals surface area contributed by atoms with E-state index in [9.17, 15) is 22.8 Å². The molecule has 1 heterocycles. The Morgan fingerprint density at radius 2 is 1.45 bits per heavy atom. The van der Waals surface area contributed by atoms with Crippen LogP contribution in [0.2, 0.25) is 0 Å². The van der Waals surface area contributed by atoms with E-state index in [0.29, 0.717) is 4.68 Å². The Morgan fingerprint density at radius 3 is 2.17 bits per heavy atom. The maximum atomic E-state index is 14.4. The topological polar surface area (TPSA) is 64.0 Å². The second-order valence-electron chi connectivity index (χ2n) is 6.11. The van der Waals surface area contributed by atoms with Gasteiger partial charge in [-0.3, -0.25) is 15.0 Å². The highest BCUT2D eigenvalue weighted by atomic mass is 19.1. The van der Waals surface area contributed by atoms with Gasteiger partial charge in [0.1, 0.15) is 23.0 Å². The Bertz CT molecular complexity index is 1300. The van der Waals surface area contributed by atoms with Crippen molar-refractivity contribution >= 4 is 16.8 Å². The molecule has 0 aliphatic carbocycles. The molecule has 0 unspecified atom stereocenters. The first-order valence-electron chi connectivity index (χ1n) is 8.49. The van der Waals surface area contributed by atoms with Gasteiger partial charge in [-0.15, -0.1) is 0 Å². The summed E-state index contributed by atoms with van der Waals surface area (Å²) in [6.07, 6.45) is 0. The molecule has 0 bridgehead atoms. The number of benzene rings is 3. The highest BCUT2D eigenvalue weighted by Crippen LogP contribution is 2.21. The van der Waals surface area contributed by atoms with Gasteiger partial charge in [-0.25, -0.2) is 18.2 Å². The third kappa shape index (κ3) is 3.25. The van der Waals surface area contributed by atoms with Gasteiger partial charge in [0.05, 0.1) is 16.5 Å². The van der Waals surface area contributed by atoms with Gasteiger partial charge in [0, 0.05) is 0 Å². The van der Waals surface area contributed by atoms with Crippen molar-refractivity contribution in [2.24, 2.45) is 0 Å². The highest BCUT2D eigenvalue weighted by Gasteiger charge is 2.21. The summed E-state index contributed by atoms with van der Waals surface area (Å²) in [7, 11) is 0. The number of carbonyl (C=O) groups excluding carboxylic acids is 1. The van der Waals surface area contributed by atoms with Crippen molar-refractivity contribution < 1.29 is 18.0 Å². The maximum absolute atomic E-state index is 14.4. The Balaban J connectivity index is 1.94. The Morgan fingerprint density at radius 1 is 0.828 bits per heavy atom. The molecule has 0 spiro atoms. The minimum atomic E-state index is -1.21. The Kier molecular flexibility index (Phi) is 4.59. The first-order valence-corrected chi connectivity index (χ1v) is 8.49. The van der Waals surface area contributed by atoms with Gasteiger partial charge < -0.3 is 0 Å². The van der Waals surface area contributed by atoms with Gasteiger partial charge >= 0.3 is 0 Å². The monoisotopic (exact) mass is 395 g/mol. The van der Waals surface area contributed by atoms with E-state index in [4.69, 9.17) is 0 Å². The van der Waals surface area contributed by atoms with Gasteiger partial charge in [-0.2, -0.15) is 4.68 Å². The fraction of sp³-hybridized carbons (Fsp3) is 0. The number of hydrogen-bond acceptors (Lipinski definition) is 3. The van der Waals surface area contributed by atoms with Crippen LogP contribution in [0, 0.1) is 17.5 Å². The van der Waals surface area contributed by atoms with Crippen LogP contribution in [0.25, 0.3) is 22.3 Å². The lowest BCUT2D eigenvalue weighted by Crippen LogP contribution is -2.36. The lowest BCUT2D eigenvalue weighted by Gasteiger charge is -2.15. The fourth-order valence-corrected chi connectivity index (χ4v) is 2.93. The van der Waals surface area contributed by atoms with E-state index in [1.807, 2.05) is 0 Å². The smallest absolute Gasteiger partial charge is 0.267 e. The molecule has 144 valence electrons. The van der Waals surface area contributed by atoms with Crippen molar-refractivity contribution in [1.29, 1.82) is 0 Å². The van der Waals surface area contributed by atoms with E-state index < -0.39 is 34.5 Å². The molecule has 0 atom stereocenters. The SMILES string of the molecule is O=C(Nn1c(-c2ccccc2F)nc2ccccc2c1=O)c1c(F)cccc1F. The zero-order chi connectivity index (χ0) is 20.5. The number of aromatic nitrogens is 2. The molecular formula is C21H12F3N3O2. The largest absolute Gasteiger partial charge is 0.280 e. The van der Waals surface area contributed by atoms with Crippen LogP contribution in [-0.2, 0) is 0 Å². The molecule has 4 rings (SSSR count). The van der Waals surface area contributed by atoms with Crippen molar-refractivity contribution in [3.05, 3.63) is 100 Å². The zero-order valence-corrected chi connectivity index (χ0v) is 14.7. The second-order valence-corrected chi connectivity index (χ2v) is 6.11. The number of rotatable bonds is 3. The second kappa shape index (κ2) is 7.23. The average molecular weight is 395 g/mol. The minimum Gasteiger partial charge on any atom is -0.267 e. The van der Waals surface area contributed by atoms with Gasteiger partial charge in [-0.1, -0.05) is 30.3 Å². The van der Waals surface area contributed by atoms with Crippen LogP contribution >= 0.6 is 0 Å². The molecule has 1 N–H and O–H groups in total. The molecule has 0 saturated carbocycles. The van der Waals surface area contributed by atoms with Gasteiger partial charge in [0.15, 0.2) is 5.82 Å². The van der Waals surface area contributed by atoms with E-state index in [2.05, 4.69) is 10.4 Å². The molecule has 0 aliphatic heterocycles. The van der Waals surface area contributed by atoms with Gasteiger partial charge in [0.2, 0.25) is 0 Å². The molecular weight excluding hydrogens is 383 g/mol. The lowest BCUT2D eigenvalue weighted by atomic mass is 10.1. The molecule has 0 saturated heterocycles. The predicted octanol–water partition coefficient (Wildman–Crippen LogP) is 3.86. The summed E-state index contributed by atoms with van der Waals surface area (Å²) in [5, 5.41) is 0.141. The third-order valence-electron chi connectivity index (χ3n) is 4.29. The van der Waals surface area contributed by atoms with Gasteiger partial charge in [0.25, 0.3) is 11.5 Å². The van der Waals surface area contributed by atoms with Crippen LogP contribution in [-0.4, -0.2) is 15.6 Å². The molecule has 8 heteroatoms. The summed E-state index contributed by atoms with van der Waals surface area (Å²) in [6, 6.07) is 14.7. The van der Waals surface area contributed by atoms with E-state index >= 15 is 0 Å². The molecule has 0 radical (unpaired) electrons. The first-order chi connectivity index (χ1) is 14.0. The third-order valence-corrected chi connectivity index (χ3v) is 4.29. The summed E-state index contributed by atoms with van der Waals surface area (Å²) in [4.78, 5) is 29.8. The summed E-state index contributed by atoms with van der Waals surface area (Å²) in [6.45, 7) is 0. The van der Waals surface area contributed by atoms with Crippen molar-refractivity contribution in [2.45, 2.75) is 0 Å². The van der Waals surface area contributed by atoms with Crippen LogP contribution in [0.15, 0.2) is 71.5 Å². The Hall–Kier alpha value is -3.94. The van der Waals surface area contributed by atoms with Crippen molar-refractivity contribution in [1.82, 2.24) is 9.66 Å². The van der Waals surface area contributed by atoms with Crippen LogP contribution in [0.1, 0.15) is 10.4 Å². The summed E-state index contributed by atoms with van der Waals surface area (Å²) < 4.78 is 43.0. The predicted molar refractivity (Wildman–Crippen MR) is 101 cm³/mol. The Labute approximate surface area is 162 Å². The first kappa shape index (κ1) is 18.4. The molecule has 1 amide bonds. The van der Waals surface area contributed by atoms with Crippen LogP contribution in [0.5, 0.6) is 0 Å². The van der Waals surface area contributed by atoms with Crippen molar-refractivity contribution in [3.63, 3.8) is 0 Å². The molecule has 3 aromatic carbocycles. The highest BCUT2D eigenvalue weighted by molar-refractivity contribution is 6.00. The average Bonchev–Trinajstić information content (AvgIpc) is 2.70. The van der Waals surface area contributed by atoms with E-state index in [0.717, 1.165) is 18.2 Å². The molecule has 5 nitrogen and oxygen atoms in total. The van der Waals surface area contributed by atoms with Crippen molar-refractivity contribution in [2.75, 3.05) is 5.43 Å². The summed E-state index contributed by atoms with van der Waals surface area (Å²) in [5.74, 6) is -4.31. The number of para-hydroxylation sites is 1. The lowest BCUT2D eigenvalue weighted by molar-refractivity contribution is 0.0999. The number of carbonyl (C=O) groups is 1. The quantitative estimate of drug-likeness (QED) is 0.573. The molecule has 0 aliphatic rings. The number of fused-ring (bicyclic) bond motifs is 1. The number of nitrogens with zero attached hydrogens (tertiary/aromatic N) is 2. The van der Waals surface area contributed by atoms with Crippen LogP contribution < -0.4 is 11.0 Å². The van der Waals surface area contributed by atoms with Crippen LogP contribution in [0.3, 0.4) is 0 Å². The van der Waals surface area contributed by atoms with E-state index in [-0.39, 0.29) is 22.3 Å².